The highest BCUT2D eigenvalue weighted by Gasteiger charge is 2.36. The molecule has 0 bridgehead atoms. The van der Waals surface area contributed by atoms with Gasteiger partial charge in [-0.2, -0.15) is 0 Å². The topological polar surface area (TPSA) is 117 Å². The number of carbonyl (C=O) groups is 1. The van der Waals surface area contributed by atoms with E-state index < -0.39 is 0 Å². The van der Waals surface area contributed by atoms with Gasteiger partial charge in [0.25, 0.3) is 0 Å². The molecule has 4 aromatic carbocycles. The highest BCUT2D eigenvalue weighted by Crippen LogP contribution is 2.36. The van der Waals surface area contributed by atoms with Crippen LogP contribution in [0, 0.1) is 5.41 Å². The molecule has 1 unspecified atom stereocenters. The number of benzene rings is 4. The number of nitrogens with zero attached hydrogens (tertiary/aromatic N) is 1. The standard InChI is InChI=1S/C36H41N5O2/c37-29-13-15-30(16-14-29)40-36(42)34-21-26-11-12-27(35(38)39)22-33(26)41(34)23-28-10-4-9-25-20-31(17-18-32(25)28)43-19-5-8-24-6-2-1-3-7-24/h1-4,6-7,9-12,17-18,20,22,29-30,34H,5,8,13-16,19,21,23,37H2,(H3,38,39)(H,40,42)/t29-,30-,34?. The molecule has 0 aromatic heterocycles. The number of nitrogens with two attached hydrogens (primary N) is 2. The molecule has 2 aliphatic rings. The Kier molecular flexibility index (Phi) is 8.61. The van der Waals surface area contributed by atoms with Crippen molar-refractivity contribution in [3.8, 4) is 5.75 Å². The molecule has 1 amide bonds. The van der Waals surface area contributed by atoms with Crippen molar-refractivity contribution < 1.29 is 9.53 Å². The van der Waals surface area contributed by atoms with Crippen LogP contribution in [0.1, 0.15) is 54.4 Å². The van der Waals surface area contributed by atoms with Crippen molar-refractivity contribution in [3.63, 3.8) is 0 Å². The van der Waals surface area contributed by atoms with Crippen LogP contribution >= 0.6 is 0 Å². The van der Waals surface area contributed by atoms with Gasteiger partial charge < -0.3 is 26.4 Å². The van der Waals surface area contributed by atoms with Crippen molar-refractivity contribution in [1.29, 1.82) is 5.41 Å². The van der Waals surface area contributed by atoms with Gasteiger partial charge in [-0.1, -0.05) is 66.7 Å². The fourth-order valence-corrected chi connectivity index (χ4v) is 6.50. The van der Waals surface area contributed by atoms with E-state index >= 15 is 0 Å². The van der Waals surface area contributed by atoms with E-state index in [-0.39, 0.29) is 29.9 Å². The van der Waals surface area contributed by atoms with Gasteiger partial charge in [0.1, 0.15) is 17.6 Å². The van der Waals surface area contributed by atoms with Crippen LogP contribution in [-0.2, 0) is 24.2 Å². The first-order chi connectivity index (χ1) is 20.9. The second-order valence-electron chi connectivity index (χ2n) is 12.0. The summed E-state index contributed by atoms with van der Waals surface area (Å²) >= 11 is 0. The number of rotatable bonds is 10. The van der Waals surface area contributed by atoms with Gasteiger partial charge in [-0.15, -0.1) is 0 Å². The van der Waals surface area contributed by atoms with Gasteiger partial charge >= 0.3 is 0 Å². The summed E-state index contributed by atoms with van der Waals surface area (Å²) < 4.78 is 6.12. The number of ether oxygens (including phenoxy) is 1. The number of amides is 1. The first-order valence-corrected chi connectivity index (χ1v) is 15.4. The lowest BCUT2D eigenvalue weighted by Gasteiger charge is -2.31. The van der Waals surface area contributed by atoms with Gasteiger partial charge in [0.05, 0.1) is 6.61 Å². The Morgan fingerprint density at radius 1 is 0.953 bits per heavy atom. The molecule has 6 rings (SSSR count). The maximum Gasteiger partial charge on any atom is 0.243 e. The first kappa shape index (κ1) is 28.7. The second kappa shape index (κ2) is 12.9. The Morgan fingerprint density at radius 3 is 2.56 bits per heavy atom. The molecule has 4 aromatic rings. The van der Waals surface area contributed by atoms with Crippen LogP contribution in [0.5, 0.6) is 5.75 Å². The van der Waals surface area contributed by atoms with E-state index in [1.807, 2.05) is 30.3 Å². The Bertz CT molecular complexity index is 1600. The van der Waals surface area contributed by atoms with Crippen molar-refractivity contribution in [2.45, 2.75) is 69.6 Å². The third kappa shape index (κ3) is 6.67. The molecule has 1 atom stereocenters. The minimum Gasteiger partial charge on any atom is -0.494 e. The molecule has 0 radical (unpaired) electrons. The highest BCUT2D eigenvalue weighted by atomic mass is 16.5. The Morgan fingerprint density at radius 2 is 1.77 bits per heavy atom. The van der Waals surface area contributed by atoms with Crippen LogP contribution in [0.25, 0.3) is 10.8 Å². The molecular formula is C36H41N5O2. The van der Waals surface area contributed by atoms with Gasteiger partial charge in [-0.3, -0.25) is 10.2 Å². The number of amidine groups is 1. The third-order valence-electron chi connectivity index (χ3n) is 8.92. The van der Waals surface area contributed by atoms with Gasteiger partial charge in [0, 0.05) is 36.3 Å². The lowest BCUT2D eigenvalue weighted by atomic mass is 9.91. The Hall–Kier alpha value is -4.36. The maximum absolute atomic E-state index is 13.7. The molecule has 1 aliphatic carbocycles. The van der Waals surface area contributed by atoms with Crippen molar-refractivity contribution in [2.75, 3.05) is 11.5 Å². The molecule has 0 saturated heterocycles. The van der Waals surface area contributed by atoms with Crippen LogP contribution in [0.2, 0.25) is 0 Å². The number of hydrogen-bond donors (Lipinski definition) is 4. The van der Waals surface area contributed by atoms with Crippen molar-refractivity contribution in [1.82, 2.24) is 5.32 Å². The number of nitrogen functional groups attached to an aromatic ring is 1. The van der Waals surface area contributed by atoms with E-state index in [0.29, 0.717) is 25.1 Å². The number of anilines is 1. The Labute approximate surface area is 253 Å². The van der Waals surface area contributed by atoms with Crippen molar-refractivity contribution >= 4 is 28.2 Å². The van der Waals surface area contributed by atoms with Gasteiger partial charge in [0.2, 0.25) is 5.91 Å². The smallest absolute Gasteiger partial charge is 0.243 e. The van der Waals surface area contributed by atoms with Crippen molar-refractivity contribution in [3.05, 3.63) is 107 Å². The minimum absolute atomic E-state index is 0.0238. The van der Waals surface area contributed by atoms with Crippen molar-refractivity contribution in [2.24, 2.45) is 11.5 Å². The summed E-state index contributed by atoms with van der Waals surface area (Å²) in [5, 5.41) is 13.6. The number of carbonyl (C=O) groups excluding carboxylic acids is 1. The lowest BCUT2D eigenvalue weighted by molar-refractivity contribution is -0.123. The molecule has 43 heavy (non-hydrogen) atoms. The molecule has 0 spiro atoms. The fraction of sp³-hybridized carbons (Fsp3) is 0.333. The molecule has 1 aliphatic heterocycles. The zero-order valence-electron chi connectivity index (χ0n) is 24.6. The largest absolute Gasteiger partial charge is 0.494 e. The summed E-state index contributed by atoms with van der Waals surface area (Å²) in [5.41, 5.74) is 17.2. The molecule has 1 saturated carbocycles. The van der Waals surface area contributed by atoms with E-state index in [1.54, 1.807) is 0 Å². The average molecular weight is 576 g/mol. The van der Waals surface area contributed by atoms with Crippen LogP contribution in [-0.4, -0.2) is 36.5 Å². The van der Waals surface area contributed by atoms with Crippen LogP contribution in [0.4, 0.5) is 5.69 Å². The zero-order chi connectivity index (χ0) is 29.8. The predicted molar refractivity (Wildman–Crippen MR) is 174 cm³/mol. The van der Waals surface area contributed by atoms with Gasteiger partial charge in [-0.25, -0.2) is 0 Å². The summed E-state index contributed by atoms with van der Waals surface area (Å²) in [7, 11) is 0. The quantitative estimate of drug-likeness (QED) is 0.114. The normalized spacial score (nSPS) is 19.7. The van der Waals surface area contributed by atoms with E-state index in [1.165, 1.54) is 5.56 Å². The van der Waals surface area contributed by atoms with E-state index in [2.05, 4.69) is 64.8 Å². The van der Waals surface area contributed by atoms with Gasteiger partial charge in [0.15, 0.2) is 0 Å². The molecule has 6 N–H and O–H groups in total. The second-order valence-corrected chi connectivity index (χ2v) is 12.0. The SMILES string of the molecule is N=C(N)c1ccc2c(c1)N(Cc1cccc3cc(OCCCc4ccccc4)ccc13)C(C(=O)N[C@H]1CC[C@H](N)CC1)C2. The third-order valence-corrected chi connectivity index (χ3v) is 8.92. The molecule has 1 heterocycles. The zero-order valence-corrected chi connectivity index (χ0v) is 24.6. The summed E-state index contributed by atoms with van der Waals surface area (Å²) in [4.78, 5) is 15.9. The lowest BCUT2D eigenvalue weighted by Crippen LogP contribution is -2.49. The van der Waals surface area contributed by atoms with Crippen LogP contribution in [0.15, 0.2) is 84.9 Å². The molecule has 7 heteroatoms. The van der Waals surface area contributed by atoms with Crippen LogP contribution < -0.4 is 26.4 Å². The van der Waals surface area contributed by atoms with E-state index in [0.717, 1.165) is 71.9 Å². The number of fused-ring (bicyclic) bond motifs is 2. The molecule has 222 valence electrons. The minimum atomic E-state index is -0.338. The van der Waals surface area contributed by atoms with Gasteiger partial charge in [-0.05, 0) is 84.2 Å². The summed E-state index contributed by atoms with van der Waals surface area (Å²) in [6.07, 6.45) is 6.28. The highest BCUT2D eigenvalue weighted by molar-refractivity contribution is 5.97. The molecular weight excluding hydrogens is 534 g/mol. The molecule has 1 fully saturated rings. The van der Waals surface area contributed by atoms with E-state index in [4.69, 9.17) is 21.6 Å². The first-order valence-electron chi connectivity index (χ1n) is 15.4. The fourth-order valence-electron chi connectivity index (χ4n) is 6.50. The molecule has 7 nitrogen and oxygen atoms in total. The summed E-state index contributed by atoms with van der Waals surface area (Å²) in [6, 6.07) is 29.0. The monoisotopic (exact) mass is 575 g/mol. The Balaban J connectivity index is 1.20. The number of aryl methyl sites for hydroxylation is 1. The van der Waals surface area contributed by atoms with E-state index in [9.17, 15) is 4.79 Å². The summed E-state index contributed by atoms with van der Waals surface area (Å²) in [5.74, 6) is 0.933. The van der Waals surface area contributed by atoms with Crippen LogP contribution in [0.3, 0.4) is 0 Å². The maximum atomic E-state index is 13.7. The number of hydrogen-bond acceptors (Lipinski definition) is 5. The predicted octanol–water partition coefficient (Wildman–Crippen LogP) is 5.45. The average Bonchev–Trinajstić information content (AvgIpc) is 3.38. The number of nitrogens with one attached hydrogen (secondary N) is 2. The summed E-state index contributed by atoms with van der Waals surface area (Å²) in [6.45, 7) is 1.23.